The molecule has 17 heavy (non-hydrogen) atoms. The molecule has 0 spiro atoms. The molecular formula is C13H19FN2O. The Morgan fingerprint density at radius 2 is 2.35 bits per heavy atom. The number of hydrogen-bond acceptors (Lipinski definition) is 3. The van der Waals surface area contributed by atoms with Crippen molar-refractivity contribution in [3.63, 3.8) is 0 Å². The van der Waals surface area contributed by atoms with Crippen LogP contribution in [0.3, 0.4) is 0 Å². The lowest BCUT2D eigenvalue weighted by atomic mass is 10.00. The summed E-state index contributed by atoms with van der Waals surface area (Å²) in [6, 6.07) is 4.55. The highest BCUT2D eigenvalue weighted by Gasteiger charge is 2.18. The summed E-state index contributed by atoms with van der Waals surface area (Å²) in [5, 5.41) is 0. The zero-order valence-electron chi connectivity index (χ0n) is 10.2. The first-order chi connectivity index (χ1) is 8.15. The smallest absolute Gasteiger partial charge is 0.167 e. The van der Waals surface area contributed by atoms with Gasteiger partial charge in [-0.3, -0.25) is 0 Å². The van der Waals surface area contributed by atoms with E-state index < -0.39 is 0 Å². The van der Waals surface area contributed by atoms with Crippen molar-refractivity contribution in [2.75, 3.05) is 32.5 Å². The molecule has 1 aliphatic heterocycles. The molecular weight excluding hydrogens is 219 g/mol. The largest absolute Gasteiger partial charge is 0.490 e. The van der Waals surface area contributed by atoms with Gasteiger partial charge in [-0.2, -0.15) is 0 Å². The molecule has 2 N–H and O–H groups in total. The molecule has 94 valence electrons. The first-order valence-electron chi connectivity index (χ1n) is 6.01. The number of likely N-dealkylation sites (tertiary alicyclic amines) is 1. The first-order valence-corrected chi connectivity index (χ1v) is 6.01. The van der Waals surface area contributed by atoms with Gasteiger partial charge in [-0.25, -0.2) is 4.39 Å². The molecule has 1 heterocycles. The Bertz CT molecular complexity index is 384. The van der Waals surface area contributed by atoms with Crippen molar-refractivity contribution in [3.8, 4) is 5.75 Å². The SMILES string of the molecule is CN1CCCC(COc2ccc(N)cc2F)C1. The van der Waals surface area contributed by atoms with E-state index in [1.54, 1.807) is 12.1 Å². The molecule has 0 radical (unpaired) electrons. The highest BCUT2D eigenvalue weighted by atomic mass is 19.1. The standard InChI is InChI=1S/C13H19FN2O/c1-16-6-2-3-10(8-16)9-17-13-5-4-11(15)7-12(13)14/h4-5,7,10H,2-3,6,8-9,15H2,1H3. The van der Waals surface area contributed by atoms with Crippen molar-refractivity contribution in [3.05, 3.63) is 24.0 Å². The lowest BCUT2D eigenvalue weighted by Crippen LogP contribution is -2.34. The van der Waals surface area contributed by atoms with Gasteiger partial charge in [0.15, 0.2) is 11.6 Å². The fourth-order valence-corrected chi connectivity index (χ4v) is 2.25. The van der Waals surface area contributed by atoms with Crippen LogP contribution in [0.1, 0.15) is 12.8 Å². The average molecular weight is 238 g/mol. The summed E-state index contributed by atoms with van der Waals surface area (Å²) >= 11 is 0. The Labute approximate surface area is 101 Å². The Hall–Kier alpha value is -1.29. The Balaban J connectivity index is 1.88. The number of benzene rings is 1. The minimum Gasteiger partial charge on any atom is -0.490 e. The highest BCUT2D eigenvalue weighted by Crippen LogP contribution is 2.22. The second-order valence-corrected chi connectivity index (χ2v) is 4.77. The predicted molar refractivity (Wildman–Crippen MR) is 66.5 cm³/mol. The van der Waals surface area contributed by atoms with Crippen molar-refractivity contribution in [1.29, 1.82) is 0 Å². The van der Waals surface area contributed by atoms with Crippen LogP contribution in [0, 0.1) is 11.7 Å². The predicted octanol–water partition coefficient (Wildman–Crippen LogP) is 2.13. The Morgan fingerprint density at radius 1 is 1.53 bits per heavy atom. The number of anilines is 1. The second kappa shape index (κ2) is 5.36. The minimum absolute atomic E-state index is 0.299. The maximum atomic E-state index is 13.5. The number of piperidine rings is 1. The normalized spacial score (nSPS) is 21.4. The zero-order chi connectivity index (χ0) is 12.3. The number of nitrogen functional groups attached to an aromatic ring is 1. The third-order valence-electron chi connectivity index (χ3n) is 3.15. The van der Waals surface area contributed by atoms with E-state index in [2.05, 4.69) is 11.9 Å². The van der Waals surface area contributed by atoms with E-state index in [9.17, 15) is 4.39 Å². The van der Waals surface area contributed by atoms with Gasteiger partial charge in [0.2, 0.25) is 0 Å². The molecule has 2 rings (SSSR count). The maximum absolute atomic E-state index is 13.5. The fraction of sp³-hybridized carbons (Fsp3) is 0.538. The fourth-order valence-electron chi connectivity index (χ4n) is 2.25. The van der Waals surface area contributed by atoms with Gasteiger partial charge >= 0.3 is 0 Å². The topological polar surface area (TPSA) is 38.5 Å². The number of nitrogens with zero attached hydrogens (tertiary/aromatic N) is 1. The first kappa shape index (κ1) is 12.2. The third-order valence-corrected chi connectivity index (χ3v) is 3.15. The molecule has 1 unspecified atom stereocenters. The molecule has 1 aromatic carbocycles. The van der Waals surface area contributed by atoms with Crippen LogP contribution in [0.25, 0.3) is 0 Å². The molecule has 1 aliphatic rings. The minimum atomic E-state index is -0.380. The molecule has 1 saturated heterocycles. The van der Waals surface area contributed by atoms with Crippen molar-refractivity contribution in [2.24, 2.45) is 5.92 Å². The molecule has 0 saturated carbocycles. The van der Waals surface area contributed by atoms with E-state index in [1.165, 1.54) is 12.5 Å². The summed E-state index contributed by atoms with van der Waals surface area (Å²) in [7, 11) is 2.11. The molecule has 1 atom stereocenters. The molecule has 3 nitrogen and oxygen atoms in total. The van der Waals surface area contributed by atoms with Crippen LogP contribution in [0.4, 0.5) is 10.1 Å². The van der Waals surface area contributed by atoms with Crippen LogP contribution < -0.4 is 10.5 Å². The van der Waals surface area contributed by atoms with Gasteiger partial charge in [-0.1, -0.05) is 0 Å². The van der Waals surface area contributed by atoms with Crippen LogP contribution in [-0.4, -0.2) is 31.6 Å². The summed E-state index contributed by atoms with van der Waals surface area (Å²) in [4.78, 5) is 2.29. The molecule has 0 bridgehead atoms. The average Bonchev–Trinajstić information content (AvgIpc) is 2.28. The van der Waals surface area contributed by atoms with Gasteiger partial charge in [0.25, 0.3) is 0 Å². The van der Waals surface area contributed by atoms with Crippen LogP contribution >= 0.6 is 0 Å². The van der Waals surface area contributed by atoms with E-state index >= 15 is 0 Å². The number of rotatable bonds is 3. The quantitative estimate of drug-likeness (QED) is 0.820. The Kier molecular flexibility index (Phi) is 3.84. The van der Waals surface area contributed by atoms with Gasteiger partial charge in [0.1, 0.15) is 0 Å². The van der Waals surface area contributed by atoms with Crippen molar-refractivity contribution in [1.82, 2.24) is 4.90 Å². The van der Waals surface area contributed by atoms with Crippen molar-refractivity contribution >= 4 is 5.69 Å². The summed E-state index contributed by atoms with van der Waals surface area (Å²) in [6.45, 7) is 2.74. The van der Waals surface area contributed by atoms with Crippen LogP contribution in [0.2, 0.25) is 0 Å². The molecule has 4 heteroatoms. The molecule has 1 fully saturated rings. The van der Waals surface area contributed by atoms with Crippen LogP contribution in [0.15, 0.2) is 18.2 Å². The van der Waals surface area contributed by atoms with E-state index in [1.807, 2.05) is 0 Å². The molecule has 0 aromatic heterocycles. The van der Waals surface area contributed by atoms with Crippen molar-refractivity contribution in [2.45, 2.75) is 12.8 Å². The van der Waals surface area contributed by atoms with E-state index in [0.717, 1.165) is 19.5 Å². The van der Waals surface area contributed by atoms with Gasteiger partial charge in [-0.15, -0.1) is 0 Å². The van der Waals surface area contributed by atoms with Gasteiger partial charge in [0, 0.05) is 24.2 Å². The molecule has 0 aliphatic carbocycles. The summed E-state index contributed by atoms with van der Waals surface area (Å²) in [5.74, 6) is 0.410. The van der Waals surface area contributed by atoms with E-state index in [0.29, 0.717) is 24.0 Å². The Morgan fingerprint density at radius 3 is 3.06 bits per heavy atom. The number of halogens is 1. The van der Waals surface area contributed by atoms with Gasteiger partial charge < -0.3 is 15.4 Å². The lowest BCUT2D eigenvalue weighted by Gasteiger charge is -2.29. The van der Waals surface area contributed by atoms with Crippen LogP contribution in [0.5, 0.6) is 5.75 Å². The molecule has 0 amide bonds. The van der Waals surface area contributed by atoms with Gasteiger partial charge in [0.05, 0.1) is 6.61 Å². The van der Waals surface area contributed by atoms with E-state index in [4.69, 9.17) is 10.5 Å². The second-order valence-electron chi connectivity index (χ2n) is 4.77. The number of ether oxygens (including phenoxy) is 1. The summed E-state index contributed by atoms with van der Waals surface area (Å²) in [5.41, 5.74) is 5.91. The number of nitrogens with two attached hydrogens (primary N) is 1. The van der Waals surface area contributed by atoms with E-state index in [-0.39, 0.29) is 5.82 Å². The number of hydrogen-bond donors (Lipinski definition) is 1. The summed E-state index contributed by atoms with van der Waals surface area (Å²) < 4.78 is 19.0. The zero-order valence-corrected chi connectivity index (χ0v) is 10.2. The van der Waals surface area contributed by atoms with Crippen LogP contribution in [-0.2, 0) is 0 Å². The highest BCUT2D eigenvalue weighted by molar-refractivity contribution is 5.42. The van der Waals surface area contributed by atoms with Gasteiger partial charge in [-0.05, 0) is 38.6 Å². The monoisotopic (exact) mass is 238 g/mol. The lowest BCUT2D eigenvalue weighted by molar-refractivity contribution is 0.147. The van der Waals surface area contributed by atoms with Crippen molar-refractivity contribution < 1.29 is 9.13 Å². The third kappa shape index (κ3) is 3.33. The summed E-state index contributed by atoms with van der Waals surface area (Å²) in [6.07, 6.45) is 2.34. The molecule has 1 aromatic rings. The maximum Gasteiger partial charge on any atom is 0.167 e.